The first-order valence-corrected chi connectivity index (χ1v) is 5.74. The number of halogens is 2. The average Bonchev–Trinajstić information content (AvgIpc) is 2.02. The quantitative estimate of drug-likeness (QED) is 0.790. The Labute approximate surface area is 93.2 Å². The van der Waals surface area contributed by atoms with Crippen LogP contribution in [0.3, 0.4) is 0 Å². The van der Waals surface area contributed by atoms with E-state index >= 15 is 0 Å². The molecule has 0 saturated heterocycles. The van der Waals surface area contributed by atoms with Gasteiger partial charge >= 0.3 is 0 Å². The summed E-state index contributed by atoms with van der Waals surface area (Å²) in [5.41, 5.74) is 0.792. The Kier molecular flexibility index (Phi) is 2.53. The zero-order valence-corrected chi connectivity index (χ0v) is 9.59. The highest BCUT2D eigenvalue weighted by Crippen LogP contribution is 2.39. The van der Waals surface area contributed by atoms with Crippen molar-refractivity contribution in [2.45, 2.75) is 4.90 Å². The molecule has 2 nitrogen and oxygen atoms in total. The molecule has 13 heavy (non-hydrogen) atoms. The molecule has 0 spiro atoms. The average molecular weight is 279 g/mol. The Morgan fingerprint density at radius 2 is 2.31 bits per heavy atom. The molecule has 1 aromatic carbocycles. The highest BCUT2D eigenvalue weighted by molar-refractivity contribution is 9.10. The molecule has 1 aromatic rings. The summed E-state index contributed by atoms with van der Waals surface area (Å²) in [6.07, 6.45) is 0. The van der Waals surface area contributed by atoms with Crippen LogP contribution < -0.4 is 5.32 Å². The maximum atomic E-state index is 11.1. The van der Waals surface area contributed by atoms with Gasteiger partial charge in [0.15, 0.2) is 0 Å². The summed E-state index contributed by atoms with van der Waals surface area (Å²) in [4.78, 5) is 12.1. The van der Waals surface area contributed by atoms with Crippen LogP contribution in [0.2, 0.25) is 5.02 Å². The molecule has 0 bridgehead atoms. The number of hydrogen-bond acceptors (Lipinski definition) is 2. The van der Waals surface area contributed by atoms with E-state index in [2.05, 4.69) is 21.2 Å². The lowest BCUT2D eigenvalue weighted by Crippen LogP contribution is -2.18. The van der Waals surface area contributed by atoms with Gasteiger partial charge in [0.25, 0.3) is 0 Å². The molecule has 1 aliphatic heterocycles. The van der Waals surface area contributed by atoms with Crippen molar-refractivity contribution in [3.05, 3.63) is 21.6 Å². The van der Waals surface area contributed by atoms with Gasteiger partial charge in [0, 0.05) is 14.4 Å². The standard InChI is InChI=1S/C8H5BrClNOS/c9-5-1-4(10)2-6-8(5)13-3-7(12)11-6/h1-2H,3H2,(H,11,12). The maximum Gasteiger partial charge on any atom is 0.234 e. The third-order valence-corrected chi connectivity index (χ3v) is 3.87. The van der Waals surface area contributed by atoms with Crippen molar-refractivity contribution in [3.63, 3.8) is 0 Å². The van der Waals surface area contributed by atoms with Gasteiger partial charge in [-0.25, -0.2) is 0 Å². The Morgan fingerprint density at radius 1 is 1.54 bits per heavy atom. The summed E-state index contributed by atoms with van der Waals surface area (Å²) in [7, 11) is 0. The molecule has 1 amide bonds. The molecule has 0 radical (unpaired) electrons. The monoisotopic (exact) mass is 277 g/mol. The van der Waals surface area contributed by atoms with Gasteiger partial charge in [0.1, 0.15) is 0 Å². The van der Waals surface area contributed by atoms with E-state index in [1.165, 1.54) is 11.8 Å². The molecule has 0 atom stereocenters. The van der Waals surface area contributed by atoms with Gasteiger partial charge in [0.2, 0.25) is 5.91 Å². The second-order valence-electron chi connectivity index (χ2n) is 2.60. The number of carbonyl (C=O) groups is 1. The Balaban J connectivity index is 2.53. The first-order valence-electron chi connectivity index (χ1n) is 3.58. The van der Waals surface area contributed by atoms with Gasteiger partial charge < -0.3 is 5.32 Å². The van der Waals surface area contributed by atoms with E-state index in [9.17, 15) is 4.79 Å². The number of nitrogens with one attached hydrogen (secondary N) is 1. The van der Waals surface area contributed by atoms with Gasteiger partial charge in [-0.2, -0.15) is 0 Å². The van der Waals surface area contributed by atoms with E-state index in [0.29, 0.717) is 10.8 Å². The summed E-state index contributed by atoms with van der Waals surface area (Å²) in [6.45, 7) is 0. The summed E-state index contributed by atoms with van der Waals surface area (Å²) >= 11 is 10.7. The van der Waals surface area contributed by atoms with Crippen LogP contribution in [-0.2, 0) is 4.79 Å². The molecule has 1 heterocycles. The van der Waals surface area contributed by atoms with Crippen LogP contribution in [-0.4, -0.2) is 11.7 Å². The summed E-state index contributed by atoms with van der Waals surface area (Å²) in [6, 6.07) is 3.58. The van der Waals surface area contributed by atoms with Crippen molar-refractivity contribution in [1.29, 1.82) is 0 Å². The van der Waals surface area contributed by atoms with E-state index in [4.69, 9.17) is 11.6 Å². The van der Waals surface area contributed by atoms with Gasteiger partial charge in [-0.15, -0.1) is 11.8 Å². The smallest absolute Gasteiger partial charge is 0.234 e. The second kappa shape index (κ2) is 3.52. The summed E-state index contributed by atoms with van der Waals surface area (Å²) < 4.78 is 0.931. The number of hydrogen-bond donors (Lipinski definition) is 1. The van der Waals surface area contributed by atoms with Gasteiger partial charge in [0.05, 0.1) is 11.4 Å². The van der Waals surface area contributed by atoms with Gasteiger partial charge in [-0.3, -0.25) is 4.79 Å². The van der Waals surface area contributed by atoms with Crippen LogP contribution in [0.25, 0.3) is 0 Å². The van der Waals surface area contributed by atoms with Crippen LogP contribution in [0.15, 0.2) is 21.5 Å². The molecule has 0 unspecified atom stereocenters. The number of anilines is 1. The molecule has 1 aliphatic rings. The van der Waals surface area contributed by atoms with Crippen LogP contribution in [0.5, 0.6) is 0 Å². The molecule has 5 heteroatoms. The van der Waals surface area contributed by atoms with Crippen molar-refractivity contribution < 1.29 is 4.79 Å². The fourth-order valence-corrected chi connectivity index (χ4v) is 3.09. The minimum atomic E-state index is 0.0201. The maximum absolute atomic E-state index is 11.1. The summed E-state index contributed by atoms with van der Waals surface area (Å²) in [5.74, 6) is 0.486. The van der Waals surface area contributed by atoms with Crippen molar-refractivity contribution in [2.24, 2.45) is 0 Å². The van der Waals surface area contributed by atoms with E-state index in [-0.39, 0.29) is 5.91 Å². The fraction of sp³-hybridized carbons (Fsp3) is 0.125. The highest BCUT2D eigenvalue weighted by Gasteiger charge is 2.18. The Hall–Kier alpha value is -0.190. The predicted molar refractivity (Wildman–Crippen MR) is 58.5 cm³/mol. The van der Waals surface area contributed by atoms with Crippen molar-refractivity contribution in [3.8, 4) is 0 Å². The van der Waals surface area contributed by atoms with Crippen LogP contribution in [0.4, 0.5) is 5.69 Å². The number of benzene rings is 1. The molecule has 0 aromatic heterocycles. The van der Waals surface area contributed by atoms with Crippen molar-refractivity contribution >= 4 is 50.9 Å². The molecule has 2 rings (SSSR count). The molecular formula is C8H5BrClNOS. The molecule has 0 aliphatic carbocycles. The van der Waals surface area contributed by atoms with Gasteiger partial charge in [-0.05, 0) is 28.1 Å². The Bertz CT molecular complexity index is 383. The number of thioether (sulfide) groups is 1. The third-order valence-electron chi connectivity index (χ3n) is 1.63. The molecule has 0 saturated carbocycles. The first kappa shape index (κ1) is 9.37. The zero-order valence-electron chi connectivity index (χ0n) is 6.43. The number of fused-ring (bicyclic) bond motifs is 1. The fourth-order valence-electron chi connectivity index (χ4n) is 1.12. The molecular weight excluding hydrogens is 274 g/mol. The van der Waals surface area contributed by atoms with Crippen LogP contribution in [0, 0.1) is 0 Å². The SMILES string of the molecule is O=C1CSc2c(Br)cc(Cl)cc2N1. The largest absolute Gasteiger partial charge is 0.324 e. The second-order valence-corrected chi connectivity index (χ2v) is 4.88. The third kappa shape index (κ3) is 1.85. The van der Waals surface area contributed by atoms with Crippen LogP contribution >= 0.6 is 39.3 Å². The lowest BCUT2D eigenvalue weighted by atomic mass is 10.3. The molecule has 1 N–H and O–H groups in total. The van der Waals surface area contributed by atoms with Crippen molar-refractivity contribution in [2.75, 3.05) is 11.1 Å². The molecule has 0 fully saturated rings. The number of amides is 1. The minimum Gasteiger partial charge on any atom is -0.324 e. The lowest BCUT2D eigenvalue weighted by Gasteiger charge is -2.17. The number of carbonyl (C=O) groups excluding carboxylic acids is 1. The predicted octanol–water partition coefficient (Wildman–Crippen LogP) is 3.15. The normalized spacial score (nSPS) is 15.1. The lowest BCUT2D eigenvalue weighted by molar-refractivity contribution is -0.113. The Morgan fingerprint density at radius 3 is 3.08 bits per heavy atom. The van der Waals surface area contributed by atoms with E-state index < -0.39 is 0 Å². The molecule has 68 valence electrons. The van der Waals surface area contributed by atoms with E-state index in [1.807, 2.05) is 6.07 Å². The topological polar surface area (TPSA) is 29.1 Å². The van der Waals surface area contributed by atoms with E-state index in [1.54, 1.807) is 6.07 Å². The zero-order chi connectivity index (χ0) is 9.42. The van der Waals surface area contributed by atoms with Crippen LogP contribution in [0.1, 0.15) is 0 Å². The van der Waals surface area contributed by atoms with Crippen molar-refractivity contribution in [1.82, 2.24) is 0 Å². The van der Waals surface area contributed by atoms with E-state index in [0.717, 1.165) is 15.1 Å². The number of rotatable bonds is 0. The highest BCUT2D eigenvalue weighted by atomic mass is 79.9. The van der Waals surface area contributed by atoms with Gasteiger partial charge in [-0.1, -0.05) is 11.6 Å². The minimum absolute atomic E-state index is 0.0201. The summed E-state index contributed by atoms with van der Waals surface area (Å²) in [5, 5.41) is 3.39. The first-order chi connectivity index (χ1) is 6.16.